The van der Waals surface area contributed by atoms with Crippen LogP contribution in [0, 0.1) is 11.3 Å². The molecule has 0 unspecified atom stereocenters. The van der Waals surface area contributed by atoms with E-state index in [-0.39, 0.29) is 28.4 Å². The van der Waals surface area contributed by atoms with E-state index in [1.807, 2.05) is 0 Å². The number of benzene rings is 1. The Hall–Kier alpha value is -1.66. The van der Waals surface area contributed by atoms with Crippen molar-refractivity contribution < 1.29 is 23.4 Å². The third kappa shape index (κ3) is 2.87. The van der Waals surface area contributed by atoms with E-state index in [1.54, 1.807) is 6.07 Å². The summed E-state index contributed by atoms with van der Waals surface area (Å²) < 4.78 is 25.8. The SMILES string of the molecule is N#Cc1ccc(Cl)cc1S(=O)(=O)N1C[C@H](O)C[C@H]1C(=O)O. The molecule has 1 aliphatic heterocycles. The van der Waals surface area contributed by atoms with Gasteiger partial charge in [-0.05, 0) is 18.2 Å². The van der Waals surface area contributed by atoms with Gasteiger partial charge < -0.3 is 10.2 Å². The largest absolute Gasteiger partial charge is 0.480 e. The van der Waals surface area contributed by atoms with E-state index in [0.29, 0.717) is 4.31 Å². The zero-order valence-electron chi connectivity index (χ0n) is 10.6. The van der Waals surface area contributed by atoms with Crippen LogP contribution in [0.4, 0.5) is 0 Å². The molecule has 9 heteroatoms. The lowest BCUT2D eigenvalue weighted by molar-refractivity contribution is -0.140. The molecule has 1 heterocycles. The number of rotatable bonds is 3. The molecule has 0 radical (unpaired) electrons. The first-order chi connectivity index (χ1) is 9.77. The molecule has 1 aliphatic rings. The standard InChI is InChI=1S/C12H11ClN2O5S/c13-8-2-1-7(5-14)11(3-8)21(19,20)15-6-9(16)4-10(15)12(17)18/h1-3,9-10,16H,4,6H2,(H,17,18)/t9-,10+/m1/s1. The first-order valence-corrected chi connectivity index (χ1v) is 7.71. The van der Waals surface area contributed by atoms with Gasteiger partial charge in [-0.15, -0.1) is 0 Å². The maximum Gasteiger partial charge on any atom is 0.322 e. The summed E-state index contributed by atoms with van der Waals surface area (Å²) in [6, 6.07) is 4.08. The summed E-state index contributed by atoms with van der Waals surface area (Å²) in [6.07, 6.45) is -1.26. The number of hydrogen-bond donors (Lipinski definition) is 2. The van der Waals surface area contributed by atoms with Gasteiger partial charge in [0.15, 0.2) is 0 Å². The molecule has 0 bridgehead atoms. The van der Waals surface area contributed by atoms with Crippen molar-refractivity contribution >= 4 is 27.6 Å². The highest BCUT2D eigenvalue weighted by molar-refractivity contribution is 7.89. The topological polar surface area (TPSA) is 119 Å². The van der Waals surface area contributed by atoms with E-state index < -0.39 is 28.1 Å². The highest BCUT2D eigenvalue weighted by atomic mass is 35.5. The molecule has 1 saturated heterocycles. The van der Waals surface area contributed by atoms with Crippen LogP contribution in [0.25, 0.3) is 0 Å². The molecule has 0 aromatic heterocycles. The molecule has 112 valence electrons. The van der Waals surface area contributed by atoms with Crippen molar-refractivity contribution in [3.05, 3.63) is 28.8 Å². The lowest BCUT2D eigenvalue weighted by Gasteiger charge is -2.21. The number of aliphatic carboxylic acids is 1. The van der Waals surface area contributed by atoms with Crippen molar-refractivity contribution in [2.24, 2.45) is 0 Å². The molecule has 0 amide bonds. The lowest BCUT2D eigenvalue weighted by atomic mass is 10.2. The molecule has 2 N–H and O–H groups in total. The molecule has 0 spiro atoms. The number of carboxylic acid groups (broad SMARTS) is 1. The fourth-order valence-electron chi connectivity index (χ4n) is 2.20. The van der Waals surface area contributed by atoms with Crippen LogP contribution >= 0.6 is 11.6 Å². The summed E-state index contributed by atoms with van der Waals surface area (Å²) in [5.41, 5.74) is -0.134. The minimum atomic E-state index is -4.25. The third-order valence-electron chi connectivity index (χ3n) is 3.17. The summed E-state index contributed by atoms with van der Waals surface area (Å²) in [5, 5.41) is 27.7. The summed E-state index contributed by atoms with van der Waals surface area (Å²) in [7, 11) is -4.25. The van der Waals surface area contributed by atoms with Crippen molar-refractivity contribution in [1.29, 1.82) is 5.26 Å². The number of hydrogen-bond acceptors (Lipinski definition) is 5. The van der Waals surface area contributed by atoms with E-state index in [2.05, 4.69) is 0 Å². The molecule has 2 rings (SSSR count). The molecule has 1 aromatic carbocycles. The van der Waals surface area contributed by atoms with Crippen LogP contribution in [0.3, 0.4) is 0 Å². The quantitative estimate of drug-likeness (QED) is 0.829. The summed E-state index contributed by atoms with van der Waals surface area (Å²) in [4.78, 5) is 10.8. The number of halogens is 1. The monoisotopic (exact) mass is 330 g/mol. The second-order valence-corrected chi connectivity index (χ2v) is 6.87. The maximum atomic E-state index is 12.6. The Bertz CT molecular complexity index is 728. The molecule has 1 aromatic rings. The van der Waals surface area contributed by atoms with Gasteiger partial charge in [-0.2, -0.15) is 9.57 Å². The predicted octanol–water partition coefficient (Wildman–Crippen LogP) is 0.420. The van der Waals surface area contributed by atoms with E-state index in [4.69, 9.17) is 22.0 Å². The number of carboxylic acids is 1. The highest BCUT2D eigenvalue weighted by Crippen LogP contribution is 2.29. The van der Waals surface area contributed by atoms with E-state index in [0.717, 1.165) is 6.07 Å². The summed E-state index contributed by atoms with van der Waals surface area (Å²) >= 11 is 5.76. The second-order valence-electron chi connectivity index (χ2n) is 4.57. The Morgan fingerprint density at radius 2 is 2.14 bits per heavy atom. The first-order valence-electron chi connectivity index (χ1n) is 5.89. The van der Waals surface area contributed by atoms with Crippen molar-refractivity contribution in [3.63, 3.8) is 0 Å². The summed E-state index contributed by atoms with van der Waals surface area (Å²) in [6.45, 7) is -0.337. The van der Waals surface area contributed by atoms with Gasteiger partial charge in [-0.25, -0.2) is 8.42 Å². The third-order valence-corrected chi connectivity index (χ3v) is 5.32. The van der Waals surface area contributed by atoms with Gasteiger partial charge in [0.25, 0.3) is 0 Å². The number of nitriles is 1. The van der Waals surface area contributed by atoms with Crippen molar-refractivity contribution in [1.82, 2.24) is 4.31 Å². The molecule has 21 heavy (non-hydrogen) atoms. The molecule has 1 fully saturated rings. The van der Waals surface area contributed by atoms with Gasteiger partial charge in [0.2, 0.25) is 10.0 Å². The zero-order chi connectivity index (χ0) is 15.8. The number of sulfonamides is 1. The van der Waals surface area contributed by atoms with Crippen molar-refractivity contribution in [3.8, 4) is 6.07 Å². The van der Waals surface area contributed by atoms with Crippen LogP contribution < -0.4 is 0 Å². The van der Waals surface area contributed by atoms with E-state index >= 15 is 0 Å². The average molecular weight is 331 g/mol. The van der Waals surface area contributed by atoms with Crippen molar-refractivity contribution in [2.45, 2.75) is 23.5 Å². The molecular formula is C12H11ClN2O5S. The Morgan fingerprint density at radius 3 is 2.71 bits per heavy atom. The lowest BCUT2D eigenvalue weighted by Crippen LogP contribution is -2.40. The predicted molar refractivity (Wildman–Crippen MR) is 72.1 cm³/mol. The minimum Gasteiger partial charge on any atom is -0.480 e. The van der Waals surface area contributed by atoms with Gasteiger partial charge in [0, 0.05) is 18.0 Å². The molecule has 7 nitrogen and oxygen atoms in total. The van der Waals surface area contributed by atoms with Crippen LogP contribution in [0.15, 0.2) is 23.1 Å². The number of β-amino-alcohol motifs (C(OH)–C–C–N with tert-alkyl or cyclic N) is 1. The Kier molecular flexibility index (Phi) is 4.20. The first kappa shape index (κ1) is 15.7. The summed E-state index contributed by atoms with van der Waals surface area (Å²) in [5.74, 6) is -1.35. The Labute approximate surface area is 126 Å². The zero-order valence-corrected chi connectivity index (χ0v) is 12.2. The van der Waals surface area contributed by atoms with Crippen LogP contribution in [0.5, 0.6) is 0 Å². The molecule has 2 atom stereocenters. The van der Waals surface area contributed by atoms with E-state index in [1.165, 1.54) is 12.1 Å². The van der Waals surface area contributed by atoms with Gasteiger partial charge >= 0.3 is 5.97 Å². The maximum absolute atomic E-state index is 12.6. The minimum absolute atomic E-state index is 0.110. The smallest absolute Gasteiger partial charge is 0.322 e. The highest BCUT2D eigenvalue weighted by Gasteiger charge is 2.44. The number of carbonyl (C=O) groups is 1. The van der Waals surface area contributed by atoms with Crippen LogP contribution in [0.1, 0.15) is 12.0 Å². The van der Waals surface area contributed by atoms with Gasteiger partial charge in [-0.3, -0.25) is 4.79 Å². The van der Waals surface area contributed by atoms with Gasteiger partial charge in [0.1, 0.15) is 17.0 Å². The fourth-order valence-corrected chi connectivity index (χ4v) is 4.24. The molecule has 0 aliphatic carbocycles. The number of aliphatic hydroxyl groups is 1. The second kappa shape index (κ2) is 5.61. The van der Waals surface area contributed by atoms with Gasteiger partial charge in [0.05, 0.1) is 11.7 Å². The molecule has 0 saturated carbocycles. The van der Waals surface area contributed by atoms with Crippen molar-refractivity contribution in [2.75, 3.05) is 6.54 Å². The van der Waals surface area contributed by atoms with Crippen LogP contribution in [-0.4, -0.2) is 47.6 Å². The fraction of sp³-hybridized carbons (Fsp3) is 0.333. The van der Waals surface area contributed by atoms with E-state index in [9.17, 15) is 18.3 Å². The average Bonchev–Trinajstić information content (AvgIpc) is 2.82. The Balaban J connectivity index is 2.55. The Morgan fingerprint density at radius 1 is 1.48 bits per heavy atom. The molecular weight excluding hydrogens is 320 g/mol. The number of nitrogens with zero attached hydrogens (tertiary/aromatic N) is 2. The van der Waals surface area contributed by atoms with Gasteiger partial charge in [-0.1, -0.05) is 11.6 Å². The number of aliphatic hydroxyl groups excluding tert-OH is 1. The van der Waals surface area contributed by atoms with Crippen LogP contribution in [-0.2, 0) is 14.8 Å². The normalized spacial score (nSPS) is 22.9. The van der Waals surface area contributed by atoms with Crippen LogP contribution in [0.2, 0.25) is 5.02 Å².